The molecule has 0 N–H and O–H groups in total. The Kier molecular flexibility index (Phi) is 34.0. The average Bonchev–Trinajstić information content (AvgIpc) is 3.42. The largest absolute Gasteiger partial charge is 0.353 e. The summed E-state index contributed by atoms with van der Waals surface area (Å²) in [6.07, 6.45) is 5.91. The summed E-state index contributed by atoms with van der Waals surface area (Å²) in [5.74, 6) is -1.68. The molecule has 1 aliphatic carbocycles. The molecule has 0 amide bonds. The molecule has 9 rings (SSSR count). The fourth-order valence-corrected chi connectivity index (χ4v) is 7.19. The summed E-state index contributed by atoms with van der Waals surface area (Å²) >= 11 is 0. The Morgan fingerprint density at radius 2 is 0.512 bits per heavy atom. The lowest BCUT2D eigenvalue weighted by Crippen LogP contribution is -2.27. The molecule has 1 aliphatic heterocycles. The van der Waals surface area contributed by atoms with Crippen LogP contribution in [0.3, 0.4) is 0 Å². The van der Waals surface area contributed by atoms with E-state index >= 15 is 0 Å². The Labute approximate surface area is 484 Å². The summed E-state index contributed by atoms with van der Waals surface area (Å²) in [7, 11) is 0. The van der Waals surface area contributed by atoms with Gasteiger partial charge in [0.15, 0.2) is 17.9 Å². The zero-order chi connectivity index (χ0) is 62.6. The smallest absolute Gasteiger partial charge is 0.161 e. The number of benzene rings is 7. The quantitative estimate of drug-likeness (QED) is 0.141. The molecule has 0 bridgehead atoms. The van der Waals surface area contributed by atoms with Gasteiger partial charge in [-0.25, -0.2) is 43.9 Å². The first-order valence-electron chi connectivity index (χ1n) is 27.6. The van der Waals surface area contributed by atoms with Crippen molar-refractivity contribution in [1.29, 1.82) is 0 Å². The van der Waals surface area contributed by atoms with Crippen molar-refractivity contribution in [2.24, 2.45) is 17.8 Å². The van der Waals surface area contributed by atoms with Crippen LogP contribution >= 0.6 is 0 Å². The summed E-state index contributed by atoms with van der Waals surface area (Å²) in [4.78, 5) is 0. The van der Waals surface area contributed by atoms with Crippen molar-refractivity contribution >= 4 is 0 Å². The van der Waals surface area contributed by atoms with Crippen LogP contribution in [0.1, 0.15) is 131 Å². The zero-order valence-corrected chi connectivity index (χ0v) is 51.5. The first-order valence-corrected chi connectivity index (χ1v) is 27.6. The second kappa shape index (κ2) is 37.8. The van der Waals surface area contributed by atoms with Crippen molar-refractivity contribution in [2.75, 3.05) is 13.2 Å². The third kappa shape index (κ3) is 29.7. The highest BCUT2D eigenvalue weighted by Gasteiger charge is 2.14. The molecule has 2 fully saturated rings. The molecule has 82 heavy (non-hydrogen) atoms. The Morgan fingerprint density at radius 3 is 0.768 bits per heavy atom. The van der Waals surface area contributed by atoms with Crippen LogP contribution in [0.15, 0.2) is 109 Å². The highest BCUT2D eigenvalue weighted by molar-refractivity contribution is 5.27. The van der Waals surface area contributed by atoms with Crippen molar-refractivity contribution in [3.63, 3.8) is 0 Å². The van der Waals surface area contributed by atoms with E-state index in [9.17, 15) is 43.9 Å². The minimum atomic E-state index is -0.736. The van der Waals surface area contributed by atoms with Gasteiger partial charge in [0.1, 0.15) is 46.5 Å². The molecule has 0 aromatic heterocycles. The van der Waals surface area contributed by atoms with Crippen molar-refractivity contribution in [3.05, 3.63) is 245 Å². The maximum atomic E-state index is 12.6. The molecule has 12 heteroatoms. The lowest BCUT2D eigenvalue weighted by Gasteiger charge is -2.24. The van der Waals surface area contributed by atoms with E-state index in [4.69, 9.17) is 9.47 Å². The van der Waals surface area contributed by atoms with E-state index < -0.39 is 34.9 Å². The molecule has 0 radical (unpaired) electrons. The van der Waals surface area contributed by atoms with Gasteiger partial charge in [-0.3, -0.25) is 0 Å². The number of hydrogen-bond acceptors (Lipinski definition) is 2. The fraction of sp³-hybridized carbons (Fsp3) is 0.400. The van der Waals surface area contributed by atoms with Crippen LogP contribution in [-0.2, 0) is 9.47 Å². The topological polar surface area (TPSA) is 18.5 Å². The molecule has 2 aliphatic rings. The molecule has 1 saturated carbocycles. The van der Waals surface area contributed by atoms with E-state index in [1.54, 1.807) is 52.0 Å². The summed E-state index contributed by atoms with van der Waals surface area (Å²) in [5, 5.41) is 0. The molecule has 0 spiro atoms. The van der Waals surface area contributed by atoms with Crippen LogP contribution < -0.4 is 0 Å². The van der Waals surface area contributed by atoms with E-state index in [0.717, 1.165) is 36.2 Å². The van der Waals surface area contributed by atoms with Gasteiger partial charge in [0.25, 0.3) is 0 Å². The first kappa shape index (κ1) is 73.8. The van der Waals surface area contributed by atoms with Gasteiger partial charge in [0, 0.05) is 17.0 Å². The normalized spacial score (nSPS) is 15.7. The van der Waals surface area contributed by atoms with Crippen LogP contribution in [0.4, 0.5) is 43.9 Å². The monoisotopic (exact) mass is 1150 g/mol. The molecule has 0 unspecified atom stereocenters. The van der Waals surface area contributed by atoms with E-state index in [-0.39, 0.29) is 40.7 Å². The number of aryl methyl sites for hydroxylation is 12. The maximum Gasteiger partial charge on any atom is 0.161 e. The molecule has 1 heterocycles. The van der Waals surface area contributed by atoms with Gasteiger partial charge in [-0.1, -0.05) is 118 Å². The minimum absolute atomic E-state index is 0.0196. The van der Waals surface area contributed by atoms with Gasteiger partial charge in [0.2, 0.25) is 0 Å². The molecule has 2 nitrogen and oxygen atoms in total. The second-order valence-corrected chi connectivity index (χ2v) is 21.7. The van der Waals surface area contributed by atoms with Crippen molar-refractivity contribution in [1.82, 2.24) is 0 Å². The van der Waals surface area contributed by atoms with Gasteiger partial charge in [-0.15, -0.1) is 0 Å². The first-order chi connectivity index (χ1) is 38.2. The highest BCUT2D eigenvalue weighted by Crippen LogP contribution is 2.27. The van der Waals surface area contributed by atoms with Crippen LogP contribution in [0.2, 0.25) is 0 Å². The van der Waals surface area contributed by atoms with E-state index in [0.29, 0.717) is 50.4 Å². The Balaban J connectivity index is 0.000000462. The molecule has 1 saturated heterocycles. The summed E-state index contributed by atoms with van der Waals surface area (Å²) in [6.45, 7) is 34.3. The molecule has 7 aromatic rings. The third-order valence-electron chi connectivity index (χ3n) is 13.2. The van der Waals surface area contributed by atoms with Gasteiger partial charge in [-0.2, -0.15) is 0 Å². The van der Waals surface area contributed by atoms with Crippen molar-refractivity contribution in [2.45, 2.75) is 157 Å². The second-order valence-electron chi connectivity index (χ2n) is 21.7. The van der Waals surface area contributed by atoms with E-state index in [1.807, 2.05) is 32.9 Å². The third-order valence-corrected chi connectivity index (χ3v) is 13.2. The predicted molar refractivity (Wildman–Crippen MR) is 318 cm³/mol. The number of ether oxygens (including phenoxy) is 2. The summed E-state index contributed by atoms with van der Waals surface area (Å²) in [5.41, 5.74) is 8.82. The average molecular weight is 1150 g/mol. The molecule has 0 atom stereocenters. The SMILES string of the molecule is CC1CCC(C)CC1.CC1COC(C)OC1.Cc1cc(F)c(C)c(F)c1.Cc1cc(F)c(C)c(F)c1.Cc1cc(F)c(C)cc1F.Cc1ccc(C)c(F)c1.Cc1ccc(C)c(F)c1.Cc1ccc(C)c(F)c1F.Cc1ccc(C)cc1. The van der Waals surface area contributed by atoms with Crippen LogP contribution in [0.5, 0.6) is 0 Å². The van der Waals surface area contributed by atoms with E-state index in [1.165, 1.54) is 127 Å². The Morgan fingerprint density at radius 1 is 0.268 bits per heavy atom. The molecule has 450 valence electrons. The van der Waals surface area contributed by atoms with Crippen LogP contribution in [-0.4, -0.2) is 19.5 Å². The summed E-state index contributed by atoms with van der Waals surface area (Å²) < 4.78 is 136. The lowest BCUT2D eigenvalue weighted by atomic mass is 9.84. The minimum Gasteiger partial charge on any atom is -0.353 e. The molecule has 7 aromatic carbocycles. The van der Waals surface area contributed by atoms with Crippen LogP contribution in [0, 0.1) is 173 Å². The summed E-state index contributed by atoms with van der Waals surface area (Å²) in [6, 6.07) is 29.7. The zero-order valence-electron chi connectivity index (χ0n) is 51.5. The molecular formula is C70H88F10O2. The lowest BCUT2D eigenvalue weighted by molar-refractivity contribution is -0.187. The number of halogens is 10. The van der Waals surface area contributed by atoms with Gasteiger partial charge in [-0.05, 0) is 220 Å². The van der Waals surface area contributed by atoms with Crippen LogP contribution in [0.25, 0.3) is 0 Å². The Hall–Kier alpha value is -6.24. The van der Waals surface area contributed by atoms with Gasteiger partial charge < -0.3 is 9.47 Å². The van der Waals surface area contributed by atoms with Crippen molar-refractivity contribution < 1.29 is 53.4 Å². The van der Waals surface area contributed by atoms with Gasteiger partial charge >= 0.3 is 0 Å². The number of hydrogen-bond donors (Lipinski definition) is 0. The molecular weight excluding hydrogens is 1060 g/mol. The Bertz CT molecular complexity index is 2700. The fourth-order valence-electron chi connectivity index (χ4n) is 7.19. The van der Waals surface area contributed by atoms with E-state index in [2.05, 4.69) is 58.9 Å². The number of rotatable bonds is 0. The van der Waals surface area contributed by atoms with Crippen molar-refractivity contribution in [3.8, 4) is 0 Å². The highest BCUT2D eigenvalue weighted by atomic mass is 19.2. The predicted octanol–water partition coefficient (Wildman–Crippen LogP) is 21.4. The maximum absolute atomic E-state index is 12.6. The van der Waals surface area contributed by atoms with Gasteiger partial charge in [0.05, 0.1) is 13.2 Å². The standard InChI is InChI=1S/4C8H8F2.2C8H9F.C8H16.C8H10.C6H12O2/c1-5-3-8(10)6(2)4-7(5)9;2*1-5-3-7(9)6(2)8(10)4-5;1-5-3-4-6(2)8(10)7(5)9;2*1-6-3-4-7(2)8(9)5-6;2*1-7-3-5-8(2)6-4-7;1-5-3-7-6(2)8-4-5/h4*3-4H,1-2H3;2*3-5H,1-2H3;7-8H,3-6H2,1-2H3;3-6H,1-2H3;5-6H,3-4H2,1-2H3.